The summed E-state index contributed by atoms with van der Waals surface area (Å²) >= 11 is 1.60. The van der Waals surface area contributed by atoms with Gasteiger partial charge in [-0.1, -0.05) is 18.2 Å². The van der Waals surface area contributed by atoms with Crippen LogP contribution in [0.4, 0.5) is 5.69 Å². The predicted molar refractivity (Wildman–Crippen MR) is 63.6 cm³/mol. The third kappa shape index (κ3) is 1.51. The number of hydrogen-bond acceptors (Lipinski definition) is 3. The summed E-state index contributed by atoms with van der Waals surface area (Å²) in [5, 5.41) is 5.85. The van der Waals surface area contributed by atoms with Crippen LogP contribution in [0.3, 0.4) is 0 Å². The van der Waals surface area contributed by atoms with E-state index in [-0.39, 0.29) is 11.8 Å². The van der Waals surface area contributed by atoms with Crippen molar-refractivity contribution < 1.29 is 4.79 Å². The van der Waals surface area contributed by atoms with E-state index in [1.54, 1.807) is 17.5 Å². The van der Waals surface area contributed by atoms with Gasteiger partial charge in [-0.2, -0.15) is 0 Å². The molecule has 1 amide bonds. The van der Waals surface area contributed by atoms with E-state index < -0.39 is 0 Å². The normalized spacial score (nSPS) is 18.2. The van der Waals surface area contributed by atoms with Crippen LogP contribution in [0.2, 0.25) is 0 Å². The van der Waals surface area contributed by atoms with Crippen LogP contribution in [-0.4, -0.2) is 10.9 Å². The first-order valence-electron chi connectivity index (χ1n) is 5.13. The Morgan fingerprint density at radius 1 is 1.38 bits per heavy atom. The number of fused-ring (bicyclic) bond motifs is 1. The number of thiazole rings is 1. The molecular weight excluding hydrogens is 220 g/mol. The van der Waals surface area contributed by atoms with Gasteiger partial charge in [0.15, 0.2) is 0 Å². The Balaban J connectivity index is 1.93. The smallest absolute Gasteiger partial charge is 0.232 e. The van der Waals surface area contributed by atoms with Crippen LogP contribution >= 0.6 is 11.3 Å². The average molecular weight is 230 g/mol. The highest BCUT2D eigenvalue weighted by Crippen LogP contribution is 2.34. The van der Waals surface area contributed by atoms with Crippen molar-refractivity contribution in [2.24, 2.45) is 0 Å². The number of rotatable bonds is 2. The SMILES string of the molecule is O=C1Nc2ccccc2C1Cc1nccs1. The lowest BCUT2D eigenvalue weighted by atomic mass is 9.98. The van der Waals surface area contributed by atoms with Crippen molar-refractivity contribution in [3.8, 4) is 0 Å². The molecule has 1 aromatic heterocycles. The van der Waals surface area contributed by atoms with Crippen LogP contribution in [-0.2, 0) is 11.2 Å². The van der Waals surface area contributed by atoms with Crippen LogP contribution in [0.25, 0.3) is 0 Å². The first kappa shape index (κ1) is 9.54. The van der Waals surface area contributed by atoms with Crippen molar-refractivity contribution in [1.82, 2.24) is 4.98 Å². The summed E-state index contributed by atoms with van der Waals surface area (Å²) in [7, 11) is 0. The number of carbonyl (C=O) groups is 1. The first-order valence-corrected chi connectivity index (χ1v) is 6.01. The molecule has 1 N–H and O–H groups in total. The Morgan fingerprint density at radius 3 is 3.06 bits per heavy atom. The maximum atomic E-state index is 11.8. The summed E-state index contributed by atoms with van der Waals surface area (Å²) in [4.78, 5) is 16.0. The summed E-state index contributed by atoms with van der Waals surface area (Å²) in [6.07, 6.45) is 2.47. The van der Waals surface area contributed by atoms with E-state index in [2.05, 4.69) is 10.3 Å². The lowest BCUT2D eigenvalue weighted by Gasteiger charge is -2.05. The zero-order chi connectivity index (χ0) is 11.0. The molecule has 0 saturated carbocycles. The molecule has 4 heteroatoms. The number of carbonyl (C=O) groups excluding carboxylic acids is 1. The molecule has 0 radical (unpaired) electrons. The van der Waals surface area contributed by atoms with Crippen molar-refractivity contribution in [1.29, 1.82) is 0 Å². The Morgan fingerprint density at radius 2 is 2.25 bits per heavy atom. The summed E-state index contributed by atoms with van der Waals surface area (Å²) in [6, 6.07) is 7.85. The van der Waals surface area contributed by atoms with Crippen molar-refractivity contribution in [2.45, 2.75) is 12.3 Å². The van der Waals surface area contributed by atoms with Crippen LogP contribution in [0, 0.1) is 0 Å². The van der Waals surface area contributed by atoms with Gasteiger partial charge >= 0.3 is 0 Å². The first-order chi connectivity index (χ1) is 7.84. The molecule has 16 heavy (non-hydrogen) atoms. The number of nitrogens with one attached hydrogen (secondary N) is 1. The van der Waals surface area contributed by atoms with Gasteiger partial charge in [0.05, 0.1) is 10.9 Å². The maximum Gasteiger partial charge on any atom is 0.232 e. The van der Waals surface area contributed by atoms with Gasteiger partial charge in [-0.3, -0.25) is 4.79 Å². The fourth-order valence-electron chi connectivity index (χ4n) is 2.01. The van der Waals surface area contributed by atoms with E-state index in [0.717, 1.165) is 16.3 Å². The fourth-order valence-corrected chi connectivity index (χ4v) is 2.67. The molecule has 1 aromatic carbocycles. The summed E-state index contributed by atoms with van der Waals surface area (Å²) in [5.74, 6) is -0.00116. The highest BCUT2D eigenvalue weighted by Gasteiger charge is 2.30. The third-order valence-corrected chi connectivity index (χ3v) is 3.57. The Bertz CT molecular complexity index is 522. The number of hydrogen-bond donors (Lipinski definition) is 1. The minimum atomic E-state index is -0.0812. The molecule has 3 rings (SSSR count). The second kappa shape index (κ2) is 3.72. The second-order valence-corrected chi connectivity index (χ2v) is 4.74. The molecular formula is C12H10N2OS. The molecule has 1 atom stereocenters. The second-order valence-electron chi connectivity index (χ2n) is 3.76. The van der Waals surface area contributed by atoms with E-state index >= 15 is 0 Å². The number of benzene rings is 1. The largest absolute Gasteiger partial charge is 0.325 e. The monoisotopic (exact) mass is 230 g/mol. The summed E-state index contributed by atoms with van der Waals surface area (Å²) in [5.41, 5.74) is 2.02. The molecule has 0 bridgehead atoms. The molecule has 1 unspecified atom stereocenters. The highest BCUT2D eigenvalue weighted by molar-refractivity contribution is 7.09. The molecule has 2 heterocycles. The molecule has 0 fully saturated rings. The molecule has 0 aliphatic carbocycles. The van der Waals surface area contributed by atoms with E-state index in [0.29, 0.717) is 6.42 Å². The summed E-state index contributed by atoms with van der Waals surface area (Å²) in [6.45, 7) is 0. The minimum Gasteiger partial charge on any atom is -0.325 e. The molecule has 1 aliphatic rings. The summed E-state index contributed by atoms with van der Waals surface area (Å²) < 4.78 is 0. The van der Waals surface area contributed by atoms with Gasteiger partial charge in [-0.25, -0.2) is 4.98 Å². The van der Waals surface area contributed by atoms with Gasteiger partial charge in [0, 0.05) is 23.7 Å². The van der Waals surface area contributed by atoms with E-state index in [4.69, 9.17) is 0 Å². The highest BCUT2D eigenvalue weighted by atomic mass is 32.1. The Kier molecular flexibility index (Phi) is 2.22. The van der Waals surface area contributed by atoms with Crippen molar-refractivity contribution in [3.05, 3.63) is 46.4 Å². The van der Waals surface area contributed by atoms with Gasteiger partial charge in [-0.05, 0) is 11.6 Å². The molecule has 1 aliphatic heterocycles. The third-order valence-electron chi connectivity index (χ3n) is 2.77. The van der Waals surface area contributed by atoms with Gasteiger partial charge < -0.3 is 5.32 Å². The topological polar surface area (TPSA) is 42.0 Å². The lowest BCUT2D eigenvalue weighted by molar-refractivity contribution is -0.117. The molecule has 80 valence electrons. The minimum absolute atomic E-state index is 0.0800. The predicted octanol–water partition coefficient (Wildman–Crippen LogP) is 2.42. The van der Waals surface area contributed by atoms with Crippen LogP contribution in [0.15, 0.2) is 35.8 Å². The quantitative estimate of drug-likeness (QED) is 0.860. The number of aromatic nitrogens is 1. The van der Waals surface area contributed by atoms with Gasteiger partial charge in [0.1, 0.15) is 0 Å². The zero-order valence-electron chi connectivity index (χ0n) is 8.51. The van der Waals surface area contributed by atoms with Crippen molar-refractivity contribution in [2.75, 3.05) is 5.32 Å². The van der Waals surface area contributed by atoms with Gasteiger partial charge in [-0.15, -0.1) is 11.3 Å². The zero-order valence-corrected chi connectivity index (χ0v) is 9.33. The van der Waals surface area contributed by atoms with E-state index in [1.807, 2.05) is 29.6 Å². The Hall–Kier alpha value is -1.68. The number of para-hydroxylation sites is 1. The van der Waals surface area contributed by atoms with E-state index in [9.17, 15) is 4.79 Å². The van der Waals surface area contributed by atoms with Gasteiger partial charge in [0.25, 0.3) is 0 Å². The Labute approximate surface area is 97.1 Å². The molecule has 0 saturated heterocycles. The number of nitrogens with zero attached hydrogens (tertiary/aromatic N) is 1. The standard InChI is InChI=1S/C12H10N2OS/c15-12-9(7-11-13-5-6-16-11)8-3-1-2-4-10(8)14-12/h1-6,9H,7H2,(H,14,15). The van der Waals surface area contributed by atoms with Gasteiger partial charge in [0.2, 0.25) is 5.91 Å². The molecule has 0 spiro atoms. The maximum absolute atomic E-state index is 11.8. The van der Waals surface area contributed by atoms with Crippen LogP contribution in [0.1, 0.15) is 16.5 Å². The lowest BCUT2D eigenvalue weighted by Crippen LogP contribution is -2.14. The molecule has 3 nitrogen and oxygen atoms in total. The van der Waals surface area contributed by atoms with Crippen molar-refractivity contribution in [3.63, 3.8) is 0 Å². The van der Waals surface area contributed by atoms with E-state index in [1.165, 1.54) is 0 Å². The van der Waals surface area contributed by atoms with Crippen LogP contribution in [0.5, 0.6) is 0 Å². The average Bonchev–Trinajstić information content (AvgIpc) is 2.89. The molecule has 2 aromatic rings. The van der Waals surface area contributed by atoms with Crippen LogP contribution < -0.4 is 5.32 Å². The number of amides is 1. The number of anilines is 1. The van der Waals surface area contributed by atoms with Crippen molar-refractivity contribution >= 4 is 22.9 Å². The fraction of sp³-hybridized carbons (Fsp3) is 0.167.